The number of oxime groups is 1. The standard InChI is InChI=1S/C9H10FN3O/c10-9-3-1-2-8(13-9)4-7(5-11)6-12-14/h1-3,5-6,14H,4,11H2/b7-5-,12-6+. The van der Waals surface area contributed by atoms with Gasteiger partial charge in [-0.05, 0) is 23.9 Å². The van der Waals surface area contributed by atoms with Crippen LogP contribution in [0.2, 0.25) is 0 Å². The number of rotatable bonds is 3. The third-order valence-electron chi connectivity index (χ3n) is 1.60. The number of pyridine rings is 1. The van der Waals surface area contributed by atoms with Crippen LogP contribution in [0.1, 0.15) is 5.69 Å². The summed E-state index contributed by atoms with van der Waals surface area (Å²) >= 11 is 0. The first-order chi connectivity index (χ1) is 6.76. The lowest BCUT2D eigenvalue weighted by atomic mass is 10.1. The lowest BCUT2D eigenvalue weighted by Crippen LogP contribution is -1.99. The molecule has 0 atom stereocenters. The van der Waals surface area contributed by atoms with E-state index in [2.05, 4.69) is 10.1 Å². The maximum atomic E-state index is 12.7. The summed E-state index contributed by atoms with van der Waals surface area (Å²) in [5, 5.41) is 11.1. The summed E-state index contributed by atoms with van der Waals surface area (Å²) in [6.45, 7) is 0. The van der Waals surface area contributed by atoms with E-state index in [0.717, 1.165) is 0 Å². The zero-order valence-electron chi connectivity index (χ0n) is 7.39. The number of halogens is 1. The van der Waals surface area contributed by atoms with Gasteiger partial charge in [-0.1, -0.05) is 11.2 Å². The van der Waals surface area contributed by atoms with Crippen LogP contribution >= 0.6 is 0 Å². The highest BCUT2D eigenvalue weighted by atomic mass is 19.1. The van der Waals surface area contributed by atoms with Gasteiger partial charge in [0.15, 0.2) is 0 Å². The van der Waals surface area contributed by atoms with Crippen molar-refractivity contribution in [2.24, 2.45) is 10.9 Å². The number of nitrogens with zero attached hydrogens (tertiary/aromatic N) is 2. The van der Waals surface area contributed by atoms with Crippen molar-refractivity contribution in [1.29, 1.82) is 0 Å². The van der Waals surface area contributed by atoms with Crippen LogP contribution in [0.15, 0.2) is 35.1 Å². The van der Waals surface area contributed by atoms with Gasteiger partial charge in [0.2, 0.25) is 5.95 Å². The molecule has 4 nitrogen and oxygen atoms in total. The Bertz CT molecular complexity index is 363. The second-order valence-electron chi connectivity index (χ2n) is 2.61. The van der Waals surface area contributed by atoms with Crippen molar-refractivity contribution < 1.29 is 9.60 Å². The summed E-state index contributed by atoms with van der Waals surface area (Å²) in [4.78, 5) is 3.64. The molecule has 0 spiro atoms. The largest absolute Gasteiger partial charge is 0.411 e. The van der Waals surface area contributed by atoms with Crippen LogP contribution in [-0.4, -0.2) is 16.4 Å². The SMILES string of the molecule is N/C=C(\C=N\O)Cc1cccc(F)n1. The molecule has 0 fully saturated rings. The molecule has 0 bridgehead atoms. The molecule has 0 amide bonds. The van der Waals surface area contributed by atoms with E-state index in [4.69, 9.17) is 10.9 Å². The van der Waals surface area contributed by atoms with Crippen LogP contribution in [0.25, 0.3) is 0 Å². The topological polar surface area (TPSA) is 71.5 Å². The first-order valence-electron chi connectivity index (χ1n) is 3.96. The van der Waals surface area contributed by atoms with Crippen LogP contribution in [0, 0.1) is 5.95 Å². The predicted molar refractivity (Wildman–Crippen MR) is 50.4 cm³/mol. The van der Waals surface area contributed by atoms with E-state index in [0.29, 0.717) is 17.7 Å². The summed E-state index contributed by atoms with van der Waals surface area (Å²) in [7, 11) is 0. The number of nitrogens with two attached hydrogens (primary N) is 1. The van der Waals surface area contributed by atoms with Crippen LogP contribution in [0.3, 0.4) is 0 Å². The molecule has 1 aromatic heterocycles. The highest BCUT2D eigenvalue weighted by Gasteiger charge is 1.99. The highest BCUT2D eigenvalue weighted by Crippen LogP contribution is 2.03. The molecule has 5 heteroatoms. The molecule has 0 aromatic carbocycles. The average Bonchev–Trinajstić information content (AvgIpc) is 2.17. The second kappa shape index (κ2) is 4.96. The molecule has 0 aliphatic rings. The third-order valence-corrected chi connectivity index (χ3v) is 1.60. The van der Waals surface area contributed by atoms with E-state index in [-0.39, 0.29) is 0 Å². The molecule has 0 aliphatic carbocycles. The van der Waals surface area contributed by atoms with E-state index >= 15 is 0 Å². The van der Waals surface area contributed by atoms with Gasteiger partial charge in [0, 0.05) is 12.1 Å². The number of aromatic nitrogens is 1. The van der Waals surface area contributed by atoms with Gasteiger partial charge in [-0.15, -0.1) is 0 Å². The van der Waals surface area contributed by atoms with E-state index < -0.39 is 5.95 Å². The quantitative estimate of drug-likeness (QED) is 0.328. The number of allylic oxidation sites excluding steroid dienone is 1. The van der Waals surface area contributed by atoms with Gasteiger partial charge in [0.25, 0.3) is 0 Å². The molecule has 3 N–H and O–H groups in total. The Kier molecular flexibility index (Phi) is 3.60. The van der Waals surface area contributed by atoms with E-state index in [1.165, 1.54) is 18.5 Å². The second-order valence-corrected chi connectivity index (χ2v) is 2.61. The molecular weight excluding hydrogens is 185 g/mol. The molecule has 1 aromatic rings. The van der Waals surface area contributed by atoms with Gasteiger partial charge in [-0.3, -0.25) is 0 Å². The molecule has 0 radical (unpaired) electrons. The summed E-state index contributed by atoms with van der Waals surface area (Å²) in [5.41, 5.74) is 6.35. The first-order valence-corrected chi connectivity index (χ1v) is 3.96. The summed E-state index contributed by atoms with van der Waals surface area (Å²) in [6, 6.07) is 4.48. The first kappa shape index (κ1) is 10.2. The summed E-state index contributed by atoms with van der Waals surface area (Å²) in [6.07, 6.45) is 2.80. The fourth-order valence-electron chi connectivity index (χ4n) is 0.980. The predicted octanol–water partition coefficient (Wildman–Crippen LogP) is 1.07. The fraction of sp³-hybridized carbons (Fsp3) is 0.111. The average molecular weight is 195 g/mol. The third kappa shape index (κ3) is 2.85. The highest BCUT2D eigenvalue weighted by molar-refractivity contribution is 5.78. The molecule has 14 heavy (non-hydrogen) atoms. The molecule has 1 heterocycles. The molecule has 74 valence electrons. The minimum absolute atomic E-state index is 0.332. The van der Waals surface area contributed by atoms with Crippen molar-refractivity contribution in [2.45, 2.75) is 6.42 Å². The Balaban J connectivity index is 2.77. The monoisotopic (exact) mass is 195 g/mol. The Hall–Kier alpha value is -1.91. The molecule has 1 rings (SSSR count). The minimum atomic E-state index is -0.542. The van der Waals surface area contributed by atoms with Crippen LogP contribution in [-0.2, 0) is 6.42 Å². The van der Waals surface area contributed by atoms with Gasteiger partial charge in [0.05, 0.1) is 6.21 Å². The fourth-order valence-corrected chi connectivity index (χ4v) is 0.980. The zero-order valence-corrected chi connectivity index (χ0v) is 7.39. The smallest absolute Gasteiger partial charge is 0.213 e. The van der Waals surface area contributed by atoms with E-state index in [1.807, 2.05) is 0 Å². The lowest BCUT2D eigenvalue weighted by Gasteiger charge is -1.99. The maximum Gasteiger partial charge on any atom is 0.213 e. The minimum Gasteiger partial charge on any atom is -0.411 e. The maximum absolute atomic E-state index is 12.7. The van der Waals surface area contributed by atoms with E-state index in [1.54, 1.807) is 12.1 Å². The molecular formula is C9H10FN3O. The molecule has 0 saturated heterocycles. The van der Waals surface area contributed by atoms with Crippen LogP contribution in [0.5, 0.6) is 0 Å². The summed E-state index contributed by atoms with van der Waals surface area (Å²) in [5.74, 6) is -0.542. The van der Waals surface area contributed by atoms with Crippen LogP contribution in [0.4, 0.5) is 4.39 Å². The lowest BCUT2D eigenvalue weighted by molar-refractivity contribution is 0.321. The normalized spacial score (nSPS) is 12.2. The van der Waals surface area contributed by atoms with Crippen LogP contribution < -0.4 is 5.73 Å². The molecule has 0 aliphatic heterocycles. The Morgan fingerprint density at radius 2 is 2.43 bits per heavy atom. The number of hydrogen-bond donors (Lipinski definition) is 2. The van der Waals surface area contributed by atoms with E-state index in [9.17, 15) is 4.39 Å². The van der Waals surface area contributed by atoms with Crippen molar-refractivity contribution in [3.05, 3.63) is 41.6 Å². The van der Waals surface area contributed by atoms with Gasteiger partial charge in [0.1, 0.15) is 0 Å². The van der Waals surface area contributed by atoms with Gasteiger partial charge < -0.3 is 10.9 Å². The Morgan fingerprint density at radius 3 is 3.00 bits per heavy atom. The van der Waals surface area contributed by atoms with Gasteiger partial charge >= 0.3 is 0 Å². The molecule has 0 saturated carbocycles. The van der Waals surface area contributed by atoms with Gasteiger partial charge in [-0.2, -0.15) is 4.39 Å². The van der Waals surface area contributed by atoms with Crippen molar-refractivity contribution in [3.8, 4) is 0 Å². The number of hydrogen-bond acceptors (Lipinski definition) is 4. The van der Waals surface area contributed by atoms with Gasteiger partial charge in [-0.25, -0.2) is 4.98 Å². The van der Waals surface area contributed by atoms with Crippen molar-refractivity contribution >= 4 is 6.21 Å². The Morgan fingerprint density at radius 1 is 1.64 bits per heavy atom. The summed E-state index contributed by atoms with van der Waals surface area (Å²) < 4.78 is 12.7. The van der Waals surface area contributed by atoms with Crippen molar-refractivity contribution in [1.82, 2.24) is 4.98 Å². The van der Waals surface area contributed by atoms with Crippen molar-refractivity contribution in [2.75, 3.05) is 0 Å². The molecule has 0 unspecified atom stereocenters. The van der Waals surface area contributed by atoms with Crippen molar-refractivity contribution in [3.63, 3.8) is 0 Å². The Labute approximate surface area is 80.6 Å². The zero-order chi connectivity index (χ0) is 10.4.